The molecule has 0 bridgehead atoms. The molecule has 0 atom stereocenters. The maximum atomic E-state index is 11.5. The number of rotatable bonds is 3. The van der Waals surface area contributed by atoms with Crippen molar-refractivity contribution in [3.8, 4) is 11.1 Å². The number of methoxy groups -OCH3 is 2. The molecule has 0 spiro atoms. The fourth-order valence-corrected chi connectivity index (χ4v) is 1.77. The molecule has 102 valence electrons. The summed E-state index contributed by atoms with van der Waals surface area (Å²) in [5, 5.41) is 0. The van der Waals surface area contributed by atoms with Crippen LogP contribution in [0.4, 0.5) is 0 Å². The zero-order valence-electron chi connectivity index (χ0n) is 11.1. The van der Waals surface area contributed by atoms with Crippen molar-refractivity contribution in [2.75, 3.05) is 14.2 Å². The molecule has 0 radical (unpaired) electrons. The van der Waals surface area contributed by atoms with Gasteiger partial charge >= 0.3 is 11.9 Å². The summed E-state index contributed by atoms with van der Waals surface area (Å²) in [4.78, 5) is 27.0. The molecule has 1 aromatic carbocycles. The van der Waals surface area contributed by atoms with Gasteiger partial charge in [-0.2, -0.15) is 0 Å². The Morgan fingerprint density at radius 1 is 0.900 bits per heavy atom. The highest BCUT2D eigenvalue weighted by molar-refractivity contribution is 5.92. The first kappa shape index (κ1) is 13.7. The molecule has 2 rings (SSSR count). The molecule has 5 nitrogen and oxygen atoms in total. The van der Waals surface area contributed by atoms with Crippen molar-refractivity contribution >= 4 is 11.9 Å². The number of aromatic nitrogens is 1. The summed E-state index contributed by atoms with van der Waals surface area (Å²) in [6, 6.07) is 8.57. The van der Waals surface area contributed by atoms with Gasteiger partial charge in [0.05, 0.1) is 25.3 Å². The van der Waals surface area contributed by atoms with Gasteiger partial charge in [-0.15, -0.1) is 0 Å². The minimum Gasteiger partial charge on any atom is -0.465 e. The molecule has 0 aliphatic rings. The van der Waals surface area contributed by atoms with Crippen LogP contribution in [0.2, 0.25) is 0 Å². The Kier molecular flexibility index (Phi) is 4.10. The Morgan fingerprint density at radius 2 is 1.55 bits per heavy atom. The van der Waals surface area contributed by atoms with E-state index in [4.69, 9.17) is 0 Å². The molecule has 1 aromatic heterocycles. The van der Waals surface area contributed by atoms with E-state index in [0.29, 0.717) is 11.1 Å². The molecule has 0 amide bonds. The monoisotopic (exact) mass is 271 g/mol. The van der Waals surface area contributed by atoms with E-state index in [1.54, 1.807) is 30.5 Å². The number of benzene rings is 1. The first-order valence-electron chi connectivity index (χ1n) is 5.88. The maximum Gasteiger partial charge on any atom is 0.339 e. The lowest BCUT2D eigenvalue weighted by Crippen LogP contribution is -2.02. The lowest BCUT2D eigenvalue weighted by molar-refractivity contribution is 0.0591. The SMILES string of the molecule is COC(=O)c1cccc(-c2cncc(C(=O)OC)c2)c1. The largest absolute Gasteiger partial charge is 0.465 e. The summed E-state index contributed by atoms with van der Waals surface area (Å²) in [6.45, 7) is 0. The predicted molar refractivity (Wildman–Crippen MR) is 72.4 cm³/mol. The number of nitrogens with zero attached hydrogens (tertiary/aromatic N) is 1. The minimum atomic E-state index is -0.455. The van der Waals surface area contributed by atoms with Crippen LogP contribution in [-0.2, 0) is 9.47 Å². The molecule has 0 saturated heterocycles. The minimum absolute atomic E-state index is 0.355. The number of carbonyl (C=O) groups excluding carboxylic acids is 2. The second-order valence-electron chi connectivity index (χ2n) is 4.03. The zero-order chi connectivity index (χ0) is 14.5. The predicted octanol–water partition coefficient (Wildman–Crippen LogP) is 2.32. The highest BCUT2D eigenvalue weighted by atomic mass is 16.5. The van der Waals surface area contributed by atoms with E-state index in [1.807, 2.05) is 6.07 Å². The number of carbonyl (C=O) groups is 2. The normalized spacial score (nSPS) is 9.90. The van der Waals surface area contributed by atoms with E-state index in [1.165, 1.54) is 20.4 Å². The van der Waals surface area contributed by atoms with Gasteiger partial charge in [0.25, 0.3) is 0 Å². The van der Waals surface area contributed by atoms with Crippen molar-refractivity contribution in [3.05, 3.63) is 53.9 Å². The summed E-state index contributed by atoms with van der Waals surface area (Å²) in [5.74, 6) is -0.868. The third-order valence-electron chi connectivity index (χ3n) is 2.78. The molecular formula is C15H13NO4. The van der Waals surface area contributed by atoms with Crippen LogP contribution in [0.1, 0.15) is 20.7 Å². The fraction of sp³-hybridized carbons (Fsp3) is 0.133. The van der Waals surface area contributed by atoms with E-state index in [-0.39, 0.29) is 0 Å². The quantitative estimate of drug-likeness (QED) is 0.801. The average molecular weight is 271 g/mol. The Hall–Kier alpha value is -2.69. The van der Waals surface area contributed by atoms with Crippen LogP contribution in [0.15, 0.2) is 42.7 Å². The van der Waals surface area contributed by atoms with Crippen molar-refractivity contribution in [1.29, 1.82) is 0 Å². The van der Waals surface area contributed by atoms with E-state index in [9.17, 15) is 9.59 Å². The van der Waals surface area contributed by atoms with Crippen LogP contribution in [-0.4, -0.2) is 31.1 Å². The summed E-state index contributed by atoms with van der Waals surface area (Å²) in [7, 11) is 2.64. The molecular weight excluding hydrogens is 258 g/mol. The summed E-state index contributed by atoms with van der Waals surface area (Å²) in [6.07, 6.45) is 3.04. The molecule has 0 aliphatic heterocycles. The summed E-state index contributed by atoms with van der Waals surface area (Å²) in [5.41, 5.74) is 2.28. The van der Waals surface area contributed by atoms with Gasteiger partial charge < -0.3 is 9.47 Å². The van der Waals surface area contributed by atoms with E-state index < -0.39 is 11.9 Å². The standard InChI is InChI=1S/C15H13NO4/c1-19-14(17)11-5-3-4-10(6-11)12-7-13(9-16-8-12)15(18)20-2/h3-9H,1-2H3. The molecule has 2 aromatic rings. The number of pyridine rings is 1. The molecule has 0 fully saturated rings. The van der Waals surface area contributed by atoms with Crippen molar-refractivity contribution in [2.24, 2.45) is 0 Å². The highest BCUT2D eigenvalue weighted by Crippen LogP contribution is 2.21. The van der Waals surface area contributed by atoms with Gasteiger partial charge in [0.1, 0.15) is 0 Å². The number of hydrogen-bond acceptors (Lipinski definition) is 5. The molecule has 0 saturated carbocycles. The van der Waals surface area contributed by atoms with Gasteiger partial charge in [0, 0.05) is 18.0 Å². The van der Waals surface area contributed by atoms with Gasteiger partial charge in [-0.25, -0.2) is 9.59 Å². The van der Waals surface area contributed by atoms with Gasteiger partial charge in [0.2, 0.25) is 0 Å². The second kappa shape index (κ2) is 5.97. The molecule has 20 heavy (non-hydrogen) atoms. The maximum absolute atomic E-state index is 11.5. The average Bonchev–Trinajstić information content (AvgIpc) is 2.53. The zero-order valence-corrected chi connectivity index (χ0v) is 11.1. The fourth-order valence-electron chi connectivity index (χ4n) is 1.77. The van der Waals surface area contributed by atoms with Crippen molar-refractivity contribution in [1.82, 2.24) is 4.98 Å². The van der Waals surface area contributed by atoms with Crippen molar-refractivity contribution in [3.63, 3.8) is 0 Å². The van der Waals surface area contributed by atoms with E-state index in [2.05, 4.69) is 14.5 Å². The van der Waals surface area contributed by atoms with Crippen molar-refractivity contribution < 1.29 is 19.1 Å². The lowest BCUT2D eigenvalue weighted by atomic mass is 10.0. The third kappa shape index (κ3) is 2.83. The van der Waals surface area contributed by atoms with Gasteiger partial charge in [-0.3, -0.25) is 4.98 Å². The van der Waals surface area contributed by atoms with E-state index in [0.717, 1.165) is 11.1 Å². The van der Waals surface area contributed by atoms with Crippen LogP contribution >= 0.6 is 0 Å². The molecule has 0 N–H and O–H groups in total. The van der Waals surface area contributed by atoms with Crippen LogP contribution in [0.25, 0.3) is 11.1 Å². The smallest absolute Gasteiger partial charge is 0.339 e. The number of ether oxygens (including phenoxy) is 2. The Bertz CT molecular complexity index is 594. The second-order valence-corrected chi connectivity index (χ2v) is 4.03. The number of esters is 2. The van der Waals surface area contributed by atoms with Crippen LogP contribution in [0, 0.1) is 0 Å². The van der Waals surface area contributed by atoms with E-state index >= 15 is 0 Å². The molecule has 5 heteroatoms. The van der Waals surface area contributed by atoms with Crippen molar-refractivity contribution in [2.45, 2.75) is 0 Å². The van der Waals surface area contributed by atoms with Crippen LogP contribution < -0.4 is 0 Å². The summed E-state index contributed by atoms with van der Waals surface area (Å²) < 4.78 is 9.33. The summed E-state index contributed by atoms with van der Waals surface area (Å²) >= 11 is 0. The number of hydrogen-bond donors (Lipinski definition) is 0. The van der Waals surface area contributed by atoms with Gasteiger partial charge in [0.15, 0.2) is 0 Å². The first-order valence-corrected chi connectivity index (χ1v) is 5.88. The third-order valence-corrected chi connectivity index (χ3v) is 2.78. The topological polar surface area (TPSA) is 65.5 Å². The van der Waals surface area contributed by atoms with Gasteiger partial charge in [-0.1, -0.05) is 12.1 Å². The Balaban J connectivity index is 2.41. The van der Waals surface area contributed by atoms with Crippen LogP contribution in [0.3, 0.4) is 0 Å². The Labute approximate surface area is 116 Å². The molecule has 1 heterocycles. The van der Waals surface area contributed by atoms with Crippen LogP contribution in [0.5, 0.6) is 0 Å². The van der Waals surface area contributed by atoms with Gasteiger partial charge in [-0.05, 0) is 23.8 Å². The lowest BCUT2D eigenvalue weighted by Gasteiger charge is -2.05. The highest BCUT2D eigenvalue weighted by Gasteiger charge is 2.10. The first-order chi connectivity index (χ1) is 9.65. The molecule has 0 aliphatic carbocycles. The Morgan fingerprint density at radius 3 is 2.25 bits per heavy atom. The molecule has 0 unspecified atom stereocenters.